The predicted octanol–water partition coefficient (Wildman–Crippen LogP) is 7.94. The van der Waals surface area contributed by atoms with Crippen LogP contribution in [-0.2, 0) is 15.3 Å². The summed E-state index contributed by atoms with van der Waals surface area (Å²) in [6, 6.07) is 64.8. The summed E-state index contributed by atoms with van der Waals surface area (Å²) in [6.07, 6.45) is 1.47. The Labute approximate surface area is 269 Å². The number of rotatable bonds is 10. The second-order valence-electron chi connectivity index (χ2n) is 11.2. The van der Waals surface area contributed by atoms with E-state index >= 15 is 0 Å². The molecule has 1 aliphatic rings. The first-order valence-electron chi connectivity index (χ1n) is 15.5. The third kappa shape index (κ3) is 6.57. The average molecular weight is 623 g/mol. The molecule has 1 fully saturated rings. The Morgan fingerprint density at radius 3 is 0.867 bits per heavy atom. The van der Waals surface area contributed by atoms with Gasteiger partial charge >= 0.3 is 0 Å². The summed E-state index contributed by atoms with van der Waals surface area (Å²) >= 11 is 0. The first kappa shape index (κ1) is 29.8. The standard InChI is InChI=1S/C41H36O2P2/c1-7-19-33(20-8-1)41(34-21-9-2-10-22-34)42-39(31-44(35-23-11-3-12-24-35)36-25-13-4-14-26-36)40(43-41)32-45(37-27-15-5-16-28-37)38-29-17-6-18-30-38/h1-30,39-40H,31-32H2. The molecule has 0 aliphatic carbocycles. The highest BCUT2D eigenvalue weighted by molar-refractivity contribution is 7.73. The first-order chi connectivity index (χ1) is 22.3. The molecule has 0 amide bonds. The van der Waals surface area contributed by atoms with Gasteiger partial charge in [-0.15, -0.1) is 0 Å². The van der Waals surface area contributed by atoms with E-state index in [1.807, 2.05) is 0 Å². The van der Waals surface area contributed by atoms with Crippen LogP contribution in [0.15, 0.2) is 182 Å². The quantitative estimate of drug-likeness (QED) is 0.145. The third-order valence-corrected chi connectivity index (χ3v) is 13.5. The van der Waals surface area contributed by atoms with Crippen LogP contribution in [0.2, 0.25) is 0 Å². The topological polar surface area (TPSA) is 18.5 Å². The normalized spacial score (nSPS) is 17.5. The highest BCUT2D eigenvalue weighted by atomic mass is 31.1. The van der Waals surface area contributed by atoms with Crippen LogP contribution in [0.25, 0.3) is 0 Å². The van der Waals surface area contributed by atoms with Crippen molar-refractivity contribution in [2.75, 3.05) is 12.3 Å². The molecule has 2 atom stereocenters. The van der Waals surface area contributed by atoms with E-state index in [-0.39, 0.29) is 12.2 Å². The van der Waals surface area contributed by atoms with E-state index in [0.29, 0.717) is 0 Å². The summed E-state index contributed by atoms with van der Waals surface area (Å²) in [6.45, 7) is 0. The minimum atomic E-state index is -0.999. The van der Waals surface area contributed by atoms with E-state index < -0.39 is 21.6 Å². The predicted molar refractivity (Wildman–Crippen MR) is 191 cm³/mol. The van der Waals surface area contributed by atoms with Crippen molar-refractivity contribution in [1.82, 2.24) is 0 Å². The van der Waals surface area contributed by atoms with Crippen LogP contribution < -0.4 is 21.2 Å². The Balaban J connectivity index is 1.34. The summed E-state index contributed by atoms with van der Waals surface area (Å²) in [7, 11) is -1.40. The van der Waals surface area contributed by atoms with Crippen LogP contribution in [0.5, 0.6) is 0 Å². The lowest BCUT2D eigenvalue weighted by molar-refractivity contribution is -0.147. The maximum Gasteiger partial charge on any atom is 0.223 e. The maximum atomic E-state index is 7.38. The van der Waals surface area contributed by atoms with Crippen LogP contribution in [-0.4, -0.2) is 24.5 Å². The average Bonchev–Trinajstić information content (AvgIpc) is 3.50. The molecule has 4 heteroatoms. The molecule has 1 heterocycles. The van der Waals surface area contributed by atoms with Crippen LogP contribution in [0.1, 0.15) is 11.1 Å². The molecular formula is C41H36O2P2. The molecule has 1 aliphatic heterocycles. The highest BCUT2D eigenvalue weighted by Gasteiger charge is 2.51. The number of hydrogen-bond acceptors (Lipinski definition) is 2. The van der Waals surface area contributed by atoms with Gasteiger partial charge in [-0.25, -0.2) is 0 Å². The van der Waals surface area contributed by atoms with Gasteiger partial charge < -0.3 is 9.47 Å². The second-order valence-corrected chi connectivity index (χ2v) is 15.7. The smallest absolute Gasteiger partial charge is 0.223 e. The van der Waals surface area contributed by atoms with Gasteiger partial charge in [-0.05, 0) is 37.1 Å². The largest absolute Gasteiger partial charge is 0.336 e. The van der Waals surface area contributed by atoms with Crippen LogP contribution in [0.4, 0.5) is 0 Å². The Hall–Kier alpha value is -3.90. The zero-order valence-corrected chi connectivity index (χ0v) is 26.9. The van der Waals surface area contributed by atoms with Crippen LogP contribution in [0.3, 0.4) is 0 Å². The van der Waals surface area contributed by atoms with Gasteiger partial charge in [0.25, 0.3) is 0 Å². The van der Waals surface area contributed by atoms with Gasteiger partial charge in [-0.2, -0.15) is 0 Å². The Morgan fingerprint density at radius 2 is 0.600 bits per heavy atom. The Morgan fingerprint density at radius 1 is 0.356 bits per heavy atom. The fourth-order valence-electron chi connectivity index (χ4n) is 6.18. The van der Waals surface area contributed by atoms with Gasteiger partial charge in [0.15, 0.2) is 0 Å². The van der Waals surface area contributed by atoms with Crippen LogP contribution in [0, 0.1) is 0 Å². The molecule has 6 aromatic carbocycles. The fourth-order valence-corrected chi connectivity index (χ4v) is 11.1. The minimum absolute atomic E-state index is 0.130. The minimum Gasteiger partial charge on any atom is -0.336 e. The van der Waals surface area contributed by atoms with Crippen molar-refractivity contribution in [2.45, 2.75) is 18.0 Å². The zero-order valence-electron chi connectivity index (χ0n) is 25.1. The van der Waals surface area contributed by atoms with Crippen molar-refractivity contribution >= 4 is 37.1 Å². The summed E-state index contributed by atoms with van der Waals surface area (Å²) in [5.74, 6) is -0.999. The van der Waals surface area contributed by atoms with E-state index in [9.17, 15) is 0 Å². The fraction of sp³-hybridized carbons (Fsp3) is 0.122. The van der Waals surface area contributed by atoms with Gasteiger partial charge in [0.2, 0.25) is 5.79 Å². The van der Waals surface area contributed by atoms with Crippen molar-refractivity contribution in [3.63, 3.8) is 0 Å². The first-order valence-corrected chi connectivity index (χ1v) is 18.6. The lowest BCUT2D eigenvalue weighted by atomic mass is 9.97. The van der Waals surface area contributed by atoms with Crippen molar-refractivity contribution in [3.05, 3.63) is 193 Å². The van der Waals surface area contributed by atoms with Crippen molar-refractivity contribution in [3.8, 4) is 0 Å². The van der Waals surface area contributed by atoms with E-state index in [0.717, 1.165) is 23.5 Å². The van der Waals surface area contributed by atoms with E-state index in [4.69, 9.17) is 9.47 Å². The Bertz CT molecular complexity index is 1540. The molecule has 0 radical (unpaired) electrons. The number of hydrogen-bond donors (Lipinski definition) is 0. The molecule has 2 nitrogen and oxygen atoms in total. The Kier molecular flexibility index (Phi) is 9.29. The second kappa shape index (κ2) is 14.0. The van der Waals surface area contributed by atoms with Crippen molar-refractivity contribution in [2.24, 2.45) is 0 Å². The zero-order chi connectivity index (χ0) is 30.3. The SMILES string of the molecule is c1ccc(P(CC2OC(c3ccccc3)(c3ccccc3)OC2CP(c2ccccc2)c2ccccc2)c2ccccc2)cc1. The number of benzene rings is 6. The van der Waals surface area contributed by atoms with Gasteiger partial charge in [0.05, 0.1) is 12.2 Å². The molecule has 0 N–H and O–H groups in total. The summed E-state index contributed by atoms with van der Waals surface area (Å²) in [4.78, 5) is 0. The highest BCUT2D eigenvalue weighted by Crippen LogP contribution is 2.49. The molecule has 2 unspecified atom stereocenters. The van der Waals surface area contributed by atoms with Gasteiger partial charge in [0, 0.05) is 23.5 Å². The van der Waals surface area contributed by atoms with E-state index in [2.05, 4.69) is 182 Å². The summed E-state index contributed by atoms with van der Waals surface area (Å²) in [5.41, 5.74) is 2.05. The molecule has 0 saturated carbocycles. The van der Waals surface area contributed by atoms with Crippen molar-refractivity contribution < 1.29 is 9.47 Å². The molecule has 1 saturated heterocycles. The summed E-state index contributed by atoms with van der Waals surface area (Å²) in [5, 5.41) is 5.41. The molecule has 0 aromatic heterocycles. The van der Waals surface area contributed by atoms with E-state index in [1.54, 1.807) is 0 Å². The maximum absolute atomic E-state index is 7.38. The third-order valence-electron chi connectivity index (χ3n) is 8.35. The van der Waals surface area contributed by atoms with Crippen molar-refractivity contribution in [1.29, 1.82) is 0 Å². The number of ether oxygens (including phenoxy) is 2. The molecule has 0 bridgehead atoms. The molecular weight excluding hydrogens is 586 g/mol. The van der Waals surface area contributed by atoms with Crippen LogP contribution >= 0.6 is 15.8 Å². The summed E-state index contributed by atoms with van der Waals surface area (Å²) < 4.78 is 14.8. The lowest BCUT2D eigenvalue weighted by Crippen LogP contribution is -2.33. The molecule has 0 spiro atoms. The molecule has 6 aromatic rings. The van der Waals surface area contributed by atoms with Gasteiger partial charge in [-0.1, -0.05) is 182 Å². The molecule has 7 rings (SSSR count). The lowest BCUT2D eigenvalue weighted by Gasteiger charge is -2.30. The molecule has 45 heavy (non-hydrogen) atoms. The van der Waals surface area contributed by atoms with Gasteiger partial charge in [0.1, 0.15) is 0 Å². The monoisotopic (exact) mass is 622 g/mol. The van der Waals surface area contributed by atoms with E-state index in [1.165, 1.54) is 21.2 Å². The molecule has 222 valence electrons. The van der Waals surface area contributed by atoms with Gasteiger partial charge in [-0.3, -0.25) is 0 Å².